The minimum absolute atomic E-state index is 0.292. The first-order valence-corrected chi connectivity index (χ1v) is 6.34. The quantitative estimate of drug-likeness (QED) is 0.596. The van der Waals surface area contributed by atoms with Crippen molar-refractivity contribution in [1.82, 2.24) is 15.2 Å². The van der Waals surface area contributed by atoms with Crippen LogP contribution in [0.4, 0.5) is 0 Å². The van der Waals surface area contributed by atoms with Crippen LogP contribution in [0, 0.1) is 0 Å². The lowest BCUT2D eigenvalue weighted by Crippen LogP contribution is -2.53. The van der Waals surface area contributed by atoms with Gasteiger partial charge in [-0.05, 0) is 25.5 Å². The van der Waals surface area contributed by atoms with E-state index in [1.54, 1.807) is 12.3 Å². The zero-order valence-corrected chi connectivity index (χ0v) is 10.9. The van der Waals surface area contributed by atoms with Crippen LogP contribution in [0.1, 0.15) is 19.4 Å². The Morgan fingerprint density at radius 1 is 1.33 bits per heavy atom. The summed E-state index contributed by atoms with van der Waals surface area (Å²) < 4.78 is 0. The fourth-order valence-corrected chi connectivity index (χ4v) is 2.51. The summed E-state index contributed by atoms with van der Waals surface area (Å²) in [5.41, 5.74) is 1.39. The van der Waals surface area contributed by atoms with E-state index in [1.807, 2.05) is 6.07 Å². The molecule has 1 aromatic heterocycles. The fraction of sp³-hybridized carbons (Fsp3) is 0.583. The first-order valence-electron chi connectivity index (χ1n) is 6.34. The number of piperazine rings is 1. The minimum atomic E-state index is -1.49. The monoisotopic (exact) mass is 249 g/mol. The zero-order valence-electron chi connectivity index (χ0n) is 10.9. The van der Waals surface area contributed by atoms with Crippen LogP contribution >= 0.6 is 0 Å². The second-order valence-corrected chi connectivity index (χ2v) is 5.13. The van der Waals surface area contributed by atoms with Gasteiger partial charge in [-0.2, -0.15) is 0 Å². The Morgan fingerprint density at radius 3 is 2.50 bits per heavy atom. The van der Waals surface area contributed by atoms with Gasteiger partial charge in [0.25, 0.3) is 0 Å². The van der Waals surface area contributed by atoms with Crippen molar-refractivity contribution in [3.05, 3.63) is 23.9 Å². The number of hydrogen-bond donors (Lipinski definition) is 3. The van der Waals surface area contributed by atoms with E-state index >= 15 is 0 Å². The molecule has 0 saturated carbocycles. The molecule has 0 radical (unpaired) electrons. The van der Waals surface area contributed by atoms with E-state index in [1.165, 1.54) is 0 Å². The van der Waals surface area contributed by atoms with E-state index in [2.05, 4.69) is 29.0 Å². The molecule has 6 heteroatoms. The molecular formula is C12H20BN3O2. The largest absolute Gasteiger partial charge is 0.508 e. The summed E-state index contributed by atoms with van der Waals surface area (Å²) in [5.74, 6) is 0. The number of aromatic nitrogens is 1. The van der Waals surface area contributed by atoms with Crippen molar-refractivity contribution in [3.63, 3.8) is 0 Å². The SMILES string of the molecule is CC1CN(Cc2ccc(B(O)O)nc2)C[C@H](C)N1. The first kappa shape index (κ1) is 13.5. The maximum absolute atomic E-state index is 8.98. The summed E-state index contributed by atoms with van der Waals surface area (Å²) >= 11 is 0. The molecule has 2 rings (SSSR count). The third kappa shape index (κ3) is 3.52. The molecule has 1 aliphatic rings. The molecule has 1 unspecified atom stereocenters. The molecule has 2 atom stereocenters. The molecule has 0 spiro atoms. The van der Waals surface area contributed by atoms with Crippen LogP contribution < -0.4 is 10.9 Å². The highest BCUT2D eigenvalue weighted by Gasteiger charge is 2.21. The van der Waals surface area contributed by atoms with Crippen molar-refractivity contribution in [3.8, 4) is 0 Å². The molecule has 1 aromatic rings. The summed E-state index contributed by atoms with van der Waals surface area (Å²) in [7, 11) is -1.49. The Balaban J connectivity index is 1.96. The van der Waals surface area contributed by atoms with Gasteiger partial charge >= 0.3 is 7.12 Å². The molecule has 0 aromatic carbocycles. The van der Waals surface area contributed by atoms with Gasteiger partial charge < -0.3 is 15.4 Å². The lowest BCUT2D eigenvalue weighted by molar-refractivity contribution is 0.166. The van der Waals surface area contributed by atoms with Gasteiger partial charge in [-0.3, -0.25) is 9.88 Å². The molecule has 1 aliphatic heterocycles. The number of nitrogens with zero attached hydrogens (tertiary/aromatic N) is 2. The predicted octanol–water partition coefficient (Wildman–Crippen LogP) is -1.06. The van der Waals surface area contributed by atoms with Gasteiger partial charge in [-0.15, -0.1) is 0 Å². The molecular weight excluding hydrogens is 229 g/mol. The van der Waals surface area contributed by atoms with Crippen LogP contribution in [-0.2, 0) is 6.54 Å². The second-order valence-electron chi connectivity index (χ2n) is 5.13. The van der Waals surface area contributed by atoms with E-state index in [-0.39, 0.29) is 0 Å². The van der Waals surface area contributed by atoms with Gasteiger partial charge in [0.1, 0.15) is 0 Å². The van der Waals surface area contributed by atoms with Crippen molar-refractivity contribution >= 4 is 12.7 Å². The van der Waals surface area contributed by atoms with Crippen molar-refractivity contribution in [2.75, 3.05) is 13.1 Å². The molecule has 3 N–H and O–H groups in total. The maximum atomic E-state index is 8.98. The highest BCUT2D eigenvalue weighted by Crippen LogP contribution is 2.08. The molecule has 5 nitrogen and oxygen atoms in total. The van der Waals surface area contributed by atoms with Gasteiger partial charge in [-0.25, -0.2) is 0 Å². The molecule has 1 fully saturated rings. The number of pyridine rings is 1. The zero-order chi connectivity index (χ0) is 13.1. The Labute approximate surface area is 108 Å². The van der Waals surface area contributed by atoms with Crippen LogP contribution in [0.5, 0.6) is 0 Å². The minimum Gasteiger partial charge on any atom is -0.422 e. The average Bonchev–Trinajstić information content (AvgIpc) is 2.28. The van der Waals surface area contributed by atoms with Gasteiger partial charge in [0.15, 0.2) is 0 Å². The van der Waals surface area contributed by atoms with Crippen LogP contribution in [0.2, 0.25) is 0 Å². The van der Waals surface area contributed by atoms with Crippen LogP contribution in [0.3, 0.4) is 0 Å². The van der Waals surface area contributed by atoms with Crippen molar-refractivity contribution in [1.29, 1.82) is 0 Å². The smallest absolute Gasteiger partial charge is 0.422 e. The summed E-state index contributed by atoms with van der Waals surface area (Å²) in [6.07, 6.45) is 1.71. The lowest BCUT2D eigenvalue weighted by atomic mass is 9.85. The van der Waals surface area contributed by atoms with Crippen molar-refractivity contribution in [2.45, 2.75) is 32.5 Å². The standard InChI is InChI=1S/C12H20BN3O2/c1-9-6-16(7-10(2)15-9)8-11-3-4-12(13(17)18)14-5-11/h3-5,9-10,15,17-18H,6-8H2,1-2H3/t9-,10?/m0/s1. The molecule has 0 aliphatic carbocycles. The summed E-state index contributed by atoms with van der Waals surface area (Å²) in [5, 5.41) is 21.5. The Morgan fingerprint density at radius 2 is 2.00 bits per heavy atom. The van der Waals surface area contributed by atoms with Gasteiger partial charge in [0.05, 0.1) is 5.59 Å². The molecule has 18 heavy (non-hydrogen) atoms. The summed E-state index contributed by atoms with van der Waals surface area (Å²) in [4.78, 5) is 6.43. The molecule has 2 heterocycles. The third-order valence-corrected chi connectivity index (χ3v) is 3.15. The molecule has 98 valence electrons. The van der Waals surface area contributed by atoms with Crippen molar-refractivity contribution < 1.29 is 10.0 Å². The lowest BCUT2D eigenvalue weighted by Gasteiger charge is -2.36. The van der Waals surface area contributed by atoms with Crippen LogP contribution in [0.15, 0.2) is 18.3 Å². The third-order valence-electron chi connectivity index (χ3n) is 3.15. The predicted molar refractivity (Wildman–Crippen MR) is 71.4 cm³/mol. The Hall–Kier alpha value is -0.945. The summed E-state index contributed by atoms with van der Waals surface area (Å²) in [6, 6.07) is 4.56. The van der Waals surface area contributed by atoms with E-state index in [4.69, 9.17) is 10.0 Å². The van der Waals surface area contributed by atoms with E-state index < -0.39 is 7.12 Å². The average molecular weight is 249 g/mol. The van der Waals surface area contributed by atoms with Crippen LogP contribution in [0.25, 0.3) is 0 Å². The molecule has 1 saturated heterocycles. The summed E-state index contributed by atoms with van der Waals surface area (Å²) in [6.45, 7) is 7.27. The fourth-order valence-electron chi connectivity index (χ4n) is 2.51. The van der Waals surface area contributed by atoms with Gasteiger partial charge in [0.2, 0.25) is 0 Å². The topological polar surface area (TPSA) is 68.6 Å². The number of nitrogens with one attached hydrogen (secondary N) is 1. The van der Waals surface area contributed by atoms with E-state index in [0.29, 0.717) is 17.7 Å². The second kappa shape index (κ2) is 5.80. The Bertz CT molecular complexity index is 375. The highest BCUT2D eigenvalue weighted by molar-refractivity contribution is 6.57. The van der Waals surface area contributed by atoms with E-state index in [0.717, 1.165) is 25.2 Å². The number of rotatable bonds is 3. The maximum Gasteiger partial charge on any atom is 0.508 e. The van der Waals surface area contributed by atoms with Gasteiger partial charge in [-0.1, -0.05) is 6.07 Å². The van der Waals surface area contributed by atoms with Crippen LogP contribution in [-0.4, -0.2) is 52.2 Å². The highest BCUT2D eigenvalue weighted by atomic mass is 16.4. The first-order chi connectivity index (χ1) is 8.54. The molecule has 0 bridgehead atoms. The normalized spacial score (nSPS) is 25.1. The number of hydrogen-bond acceptors (Lipinski definition) is 5. The Kier molecular flexibility index (Phi) is 4.34. The van der Waals surface area contributed by atoms with E-state index in [9.17, 15) is 0 Å². The van der Waals surface area contributed by atoms with Crippen molar-refractivity contribution in [2.24, 2.45) is 0 Å². The molecule has 0 amide bonds. The van der Waals surface area contributed by atoms with Gasteiger partial charge in [0, 0.05) is 37.9 Å².